The Balaban J connectivity index is 3.00. The average molecular weight is 318 g/mol. The molecule has 20 heavy (non-hydrogen) atoms. The van der Waals surface area contributed by atoms with Gasteiger partial charge in [-0.1, -0.05) is 6.92 Å². The number of rotatable bonds is 7. The van der Waals surface area contributed by atoms with Crippen molar-refractivity contribution in [1.29, 1.82) is 0 Å². The Morgan fingerprint density at radius 2 is 2.15 bits per heavy atom. The number of anilines is 1. The van der Waals surface area contributed by atoms with Crippen LogP contribution in [0.2, 0.25) is 0 Å². The van der Waals surface area contributed by atoms with Crippen LogP contribution in [0.15, 0.2) is 23.1 Å². The van der Waals surface area contributed by atoms with E-state index in [1.54, 1.807) is 11.8 Å². The molecule has 0 bridgehead atoms. The Labute approximate surface area is 122 Å². The lowest BCUT2D eigenvalue weighted by Crippen LogP contribution is -2.17. The zero-order valence-electron chi connectivity index (χ0n) is 11.3. The molecule has 0 aromatic heterocycles. The number of benzene rings is 1. The predicted molar refractivity (Wildman–Crippen MR) is 80.8 cm³/mol. The molecule has 0 aliphatic rings. The minimum Gasteiger partial charge on any atom is -0.478 e. The highest BCUT2D eigenvalue weighted by molar-refractivity contribution is 7.98. The predicted octanol–water partition coefficient (Wildman–Crippen LogP) is 1.44. The van der Waals surface area contributed by atoms with Crippen molar-refractivity contribution in [3.05, 3.63) is 23.8 Å². The van der Waals surface area contributed by atoms with E-state index < -0.39 is 16.0 Å². The van der Waals surface area contributed by atoms with Crippen molar-refractivity contribution in [2.75, 3.05) is 23.9 Å². The summed E-state index contributed by atoms with van der Waals surface area (Å²) in [6.45, 7) is 2.65. The van der Waals surface area contributed by atoms with E-state index in [1.807, 2.05) is 13.2 Å². The molecule has 0 radical (unpaired) electrons. The first kappa shape index (κ1) is 16.8. The van der Waals surface area contributed by atoms with E-state index in [9.17, 15) is 13.2 Å². The molecule has 6 nitrogen and oxygen atoms in total. The van der Waals surface area contributed by atoms with Gasteiger partial charge in [-0.25, -0.2) is 18.4 Å². The molecule has 0 amide bonds. The zero-order chi connectivity index (χ0) is 15.3. The largest absolute Gasteiger partial charge is 0.478 e. The fourth-order valence-electron chi connectivity index (χ4n) is 1.66. The summed E-state index contributed by atoms with van der Waals surface area (Å²) >= 11 is 1.71. The summed E-state index contributed by atoms with van der Waals surface area (Å²) in [7, 11) is -3.91. The summed E-state index contributed by atoms with van der Waals surface area (Å²) in [6, 6.07) is 3.79. The highest BCUT2D eigenvalue weighted by atomic mass is 32.2. The number of nitrogens with two attached hydrogens (primary N) is 1. The molecule has 0 saturated heterocycles. The van der Waals surface area contributed by atoms with E-state index in [2.05, 4.69) is 5.32 Å². The van der Waals surface area contributed by atoms with Gasteiger partial charge in [-0.15, -0.1) is 0 Å². The van der Waals surface area contributed by atoms with Crippen molar-refractivity contribution in [3.63, 3.8) is 0 Å². The van der Waals surface area contributed by atoms with Crippen LogP contribution in [0, 0.1) is 5.92 Å². The molecule has 0 aliphatic carbocycles. The van der Waals surface area contributed by atoms with Crippen molar-refractivity contribution >= 4 is 33.4 Å². The maximum Gasteiger partial charge on any atom is 0.337 e. The molecule has 112 valence electrons. The minimum absolute atomic E-state index is 0.104. The molecule has 1 aromatic rings. The van der Waals surface area contributed by atoms with Gasteiger partial charge < -0.3 is 10.4 Å². The highest BCUT2D eigenvalue weighted by Crippen LogP contribution is 2.20. The number of hydrogen-bond acceptors (Lipinski definition) is 5. The number of aromatic carboxylic acids is 1. The number of carbonyl (C=O) groups is 1. The van der Waals surface area contributed by atoms with Crippen molar-refractivity contribution in [1.82, 2.24) is 0 Å². The first-order valence-corrected chi connectivity index (χ1v) is 8.82. The van der Waals surface area contributed by atoms with Gasteiger partial charge in [0.25, 0.3) is 0 Å². The minimum atomic E-state index is -3.91. The van der Waals surface area contributed by atoms with Crippen LogP contribution in [0.1, 0.15) is 17.3 Å². The van der Waals surface area contributed by atoms with E-state index in [0.717, 1.165) is 11.8 Å². The molecule has 1 atom stereocenters. The first-order valence-electron chi connectivity index (χ1n) is 5.88. The third-order valence-electron chi connectivity index (χ3n) is 2.64. The normalized spacial score (nSPS) is 12.9. The number of thioether (sulfide) groups is 1. The Morgan fingerprint density at radius 3 is 2.65 bits per heavy atom. The lowest BCUT2D eigenvalue weighted by molar-refractivity contribution is 0.0697. The molecule has 0 spiro atoms. The fraction of sp³-hybridized carbons (Fsp3) is 0.417. The third kappa shape index (κ3) is 4.69. The average Bonchev–Trinajstić information content (AvgIpc) is 2.35. The monoisotopic (exact) mass is 318 g/mol. The highest BCUT2D eigenvalue weighted by Gasteiger charge is 2.16. The summed E-state index contributed by atoms with van der Waals surface area (Å²) < 4.78 is 22.5. The van der Waals surface area contributed by atoms with Crippen molar-refractivity contribution in [2.45, 2.75) is 11.8 Å². The van der Waals surface area contributed by atoms with E-state index in [4.69, 9.17) is 10.2 Å². The maximum atomic E-state index is 11.2. The summed E-state index contributed by atoms with van der Waals surface area (Å²) in [5.74, 6) is 0.116. The summed E-state index contributed by atoms with van der Waals surface area (Å²) in [6.07, 6.45) is 2.00. The molecule has 0 heterocycles. The second-order valence-electron chi connectivity index (χ2n) is 4.50. The summed E-state index contributed by atoms with van der Waals surface area (Å²) in [5, 5.41) is 17.2. The van der Waals surface area contributed by atoms with Gasteiger partial charge in [-0.05, 0) is 36.1 Å². The van der Waals surface area contributed by atoms with Gasteiger partial charge in [0.15, 0.2) is 0 Å². The van der Waals surface area contributed by atoms with Gasteiger partial charge in [0.1, 0.15) is 0 Å². The maximum absolute atomic E-state index is 11.2. The van der Waals surface area contributed by atoms with Crippen molar-refractivity contribution in [3.8, 4) is 0 Å². The van der Waals surface area contributed by atoms with Crippen LogP contribution in [-0.4, -0.2) is 38.0 Å². The van der Waals surface area contributed by atoms with E-state index in [0.29, 0.717) is 18.2 Å². The zero-order valence-corrected chi connectivity index (χ0v) is 12.9. The van der Waals surface area contributed by atoms with Crippen LogP contribution < -0.4 is 10.5 Å². The fourth-order valence-corrected chi connectivity index (χ4v) is 2.89. The molecule has 8 heteroatoms. The molecule has 1 unspecified atom stereocenters. The van der Waals surface area contributed by atoms with E-state index in [1.165, 1.54) is 12.1 Å². The van der Waals surface area contributed by atoms with Crippen LogP contribution in [0.3, 0.4) is 0 Å². The molecule has 1 aromatic carbocycles. The standard InChI is InChI=1S/C12H18N2O4S2/c1-8(7-19-2)6-14-11-4-3-9(20(13,17)18)5-10(11)12(15)16/h3-5,8,14H,6-7H2,1-2H3,(H,15,16)(H2,13,17,18). The Hall–Kier alpha value is -1.25. The first-order chi connectivity index (χ1) is 9.25. The summed E-state index contributed by atoms with van der Waals surface area (Å²) in [4.78, 5) is 11.0. The topological polar surface area (TPSA) is 109 Å². The SMILES string of the molecule is CSCC(C)CNc1ccc(S(N)(=O)=O)cc1C(=O)O. The number of carboxylic acid groups (broad SMARTS) is 1. The van der Waals surface area contributed by atoms with Crippen LogP contribution in [-0.2, 0) is 10.0 Å². The Kier molecular flexibility index (Phi) is 5.85. The Bertz CT molecular complexity index is 587. The van der Waals surface area contributed by atoms with E-state index >= 15 is 0 Å². The molecule has 0 fully saturated rings. The van der Waals surface area contributed by atoms with Crippen LogP contribution in [0.25, 0.3) is 0 Å². The number of nitrogens with one attached hydrogen (secondary N) is 1. The smallest absolute Gasteiger partial charge is 0.337 e. The van der Waals surface area contributed by atoms with Gasteiger partial charge in [0.2, 0.25) is 10.0 Å². The molecule has 4 N–H and O–H groups in total. The van der Waals surface area contributed by atoms with Gasteiger partial charge in [-0.3, -0.25) is 0 Å². The second-order valence-corrected chi connectivity index (χ2v) is 6.97. The number of sulfonamides is 1. The molecular formula is C12H18N2O4S2. The van der Waals surface area contributed by atoms with Crippen LogP contribution in [0.5, 0.6) is 0 Å². The lowest BCUT2D eigenvalue weighted by atomic mass is 10.1. The molecular weight excluding hydrogens is 300 g/mol. The van der Waals surface area contributed by atoms with Crippen LogP contribution >= 0.6 is 11.8 Å². The summed E-state index contributed by atoms with van der Waals surface area (Å²) in [5.41, 5.74) is 0.283. The lowest BCUT2D eigenvalue weighted by Gasteiger charge is -2.14. The Morgan fingerprint density at radius 1 is 1.50 bits per heavy atom. The number of carboxylic acids is 1. The molecule has 0 saturated carbocycles. The number of primary sulfonamides is 1. The van der Waals surface area contributed by atoms with Gasteiger partial charge in [0.05, 0.1) is 10.5 Å². The van der Waals surface area contributed by atoms with Gasteiger partial charge >= 0.3 is 5.97 Å². The van der Waals surface area contributed by atoms with Crippen molar-refractivity contribution < 1.29 is 18.3 Å². The quantitative estimate of drug-likeness (QED) is 0.702. The van der Waals surface area contributed by atoms with Crippen LogP contribution in [0.4, 0.5) is 5.69 Å². The molecule has 1 rings (SSSR count). The molecule has 0 aliphatic heterocycles. The second kappa shape index (κ2) is 6.96. The van der Waals surface area contributed by atoms with Gasteiger partial charge in [-0.2, -0.15) is 11.8 Å². The van der Waals surface area contributed by atoms with Crippen molar-refractivity contribution in [2.24, 2.45) is 11.1 Å². The van der Waals surface area contributed by atoms with E-state index in [-0.39, 0.29) is 10.5 Å². The van der Waals surface area contributed by atoms with Gasteiger partial charge in [0, 0.05) is 12.2 Å². The third-order valence-corrected chi connectivity index (χ3v) is 4.46. The number of hydrogen-bond donors (Lipinski definition) is 3.